The Balaban J connectivity index is 2.19. The number of nitrogens with zero attached hydrogens (tertiary/aromatic N) is 2. The molecule has 3 nitrogen and oxygen atoms in total. The van der Waals surface area contributed by atoms with Gasteiger partial charge in [0.05, 0.1) is 5.69 Å². The molecule has 0 saturated heterocycles. The third-order valence-electron chi connectivity index (χ3n) is 4.11. The van der Waals surface area contributed by atoms with Crippen LogP contribution in [0.3, 0.4) is 0 Å². The lowest BCUT2D eigenvalue weighted by Crippen LogP contribution is -2.01. The van der Waals surface area contributed by atoms with E-state index in [4.69, 9.17) is 4.52 Å². The second-order valence-electron chi connectivity index (χ2n) is 5.45. The van der Waals surface area contributed by atoms with Gasteiger partial charge >= 0.3 is 0 Å². The smallest absolute Gasteiger partial charge is 0.141 e. The van der Waals surface area contributed by atoms with Crippen molar-refractivity contribution in [2.24, 2.45) is 0 Å². The van der Waals surface area contributed by atoms with Crippen molar-refractivity contribution in [3.8, 4) is 11.1 Å². The normalized spacial score (nSPS) is 13.0. The summed E-state index contributed by atoms with van der Waals surface area (Å²) in [6.07, 6.45) is 3.30. The van der Waals surface area contributed by atoms with Crippen LogP contribution in [-0.4, -0.2) is 9.72 Å². The minimum atomic E-state index is 0.507. The van der Waals surface area contributed by atoms with Crippen molar-refractivity contribution in [3.63, 3.8) is 0 Å². The van der Waals surface area contributed by atoms with Crippen molar-refractivity contribution in [1.29, 1.82) is 0 Å². The van der Waals surface area contributed by atoms with Gasteiger partial charge in [0.2, 0.25) is 0 Å². The van der Waals surface area contributed by atoms with Crippen LogP contribution in [0, 0.1) is 13.8 Å². The van der Waals surface area contributed by atoms with E-state index >= 15 is 0 Å². The maximum Gasteiger partial charge on any atom is 0.141 e. The lowest BCUT2D eigenvalue weighted by molar-refractivity contribution is 0.393. The second kappa shape index (κ2) is 4.82. The number of rotatable bonds is 3. The fourth-order valence-corrected chi connectivity index (χ4v) is 2.78. The van der Waals surface area contributed by atoms with Gasteiger partial charge in [0.15, 0.2) is 0 Å². The fraction of sp³-hybridized carbons (Fsp3) is 0.353. The molecule has 1 unspecified atom stereocenters. The Morgan fingerprint density at radius 3 is 2.70 bits per heavy atom. The molecule has 20 heavy (non-hydrogen) atoms. The van der Waals surface area contributed by atoms with E-state index in [1.165, 1.54) is 16.5 Å². The third-order valence-corrected chi connectivity index (χ3v) is 4.11. The minimum absolute atomic E-state index is 0.507. The number of hydrogen-bond acceptors (Lipinski definition) is 2. The quantitative estimate of drug-likeness (QED) is 0.677. The standard InChI is InChI=1S/C17H20N2O/c1-5-11(2)19-9-8-14-6-7-15(10-16(14)19)17-12(3)18-20-13(17)4/h6-11H,5H2,1-4H3. The summed E-state index contributed by atoms with van der Waals surface area (Å²) in [4.78, 5) is 0. The first-order valence-electron chi connectivity index (χ1n) is 7.15. The summed E-state index contributed by atoms with van der Waals surface area (Å²) in [5.74, 6) is 0.878. The zero-order valence-electron chi connectivity index (χ0n) is 12.5. The highest BCUT2D eigenvalue weighted by Gasteiger charge is 2.13. The van der Waals surface area contributed by atoms with Gasteiger partial charge in [0, 0.05) is 23.3 Å². The molecule has 3 rings (SSSR count). The molecule has 3 aromatic rings. The zero-order chi connectivity index (χ0) is 14.3. The summed E-state index contributed by atoms with van der Waals surface area (Å²) < 4.78 is 7.63. The lowest BCUT2D eigenvalue weighted by Gasteiger charge is -2.13. The molecule has 0 aliphatic carbocycles. The summed E-state index contributed by atoms with van der Waals surface area (Å²) >= 11 is 0. The molecule has 1 aromatic carbocycles. The van der Waals surface area contributed by atoms with Crippen LogP contribution in [0.4, 0.5) is 0 Å². The number of aromatic nitrogens is 2. The van der Waals surface area contributed by atoms with E-state index in [0.717, 1.165) is 23.4 Å². The van der Waals surface area contributed by atoms with Crippen molar-refractivity contribution in [3.05, 3.63) is 41.9 Å². The summed E-state index contributed by atoms with van der Waals surface area (Å²) in [5, 5.41) is 5.33. The van der Waals surface area contributed by atoms with Crippen molar-refractivity contribution in [1.82, 2.24) is 9.72 Å². The molecule has 0 bridgehead atoms. The van der Waals surface area contributed by atoms with Crippen molar-refractivity contribution in [2.75, 3.05) is 0 Å². The summed E-state index contributed by atoms with van der Waals surface area (Å²) in [6.45, 7) is 8.42. The van der Waals surface area contributed by atoms with Gasteiger partial charge in [-0.25, -0.2) is 0 Å². The number of fused-ring (bicyclic) bond motifs is 1. The fourth-order valence-electron chi connectivity index (χ4n) is 2.78. The van der Waals surface area contributed by atoms with E-state index in [2.05, 4.69) is 54.0 Å². The highest BCUT2D eigenvalue weighted by atomic mass is 16.5. The highest BCUT2D eigenvalue weighted by Crippen LogP contribution is 2.31. The van der Waals surface area contributed by atoms with Gasteiger partial charge in [-0.1, -0.05) is 24.2 Å². The van der Waals surface area contributed by atoms with Crippen molar-refractivity contribution >= 4 is 10.9 Å². The molecule has 1 atom stereocenters. The molecule has 0 radical (unpaired) electrons. The summed E-state index contributed by atoms with van der Waals surface area (Å²) in [5.41, 5.74) is 4.51. The number of aryl methyl sites for hydroxylation is 2. The van der Waals surface area contributed by atoms with E-state index in [0.29, 0.717) is 6.04 Å². The summed E-state index contributed by atoms with van der Waals surface area (Å²) in [6, 6.07) is 9.25. The molecule has 0 spiro atoms. The molecular weight excluding hydrogens is 248 g/mol. The monoisotopic (exact) mass is 268 g/mol. The predicted molar refractivity (Wildman–Crippen MR) is 81.9 cm³/mol. The molecule has 3 heteroatoms. The van der Waals surface area contributed by atoms with E-state index in [9.17, 15) is 0 Å². The van der Waals surface area contributed by atoms with E-state index < -0.39 is 0 Å². The van der Waals surface area contributed by atoms with E-state index in [1.807, 2.05) is 13.8 Å². The Bertz CT molecular complexity index is 732. The third kappa shape index (κ3) is 1.94. The first-order valence-corrected chi connectivity index (χ1v) is 7.15. The van der Waals surface area contributed by atoms with E-state index in [-0.39, 0.29) is 0 Å². The molecule has 0 N–H and O–H groups in total. The Morgan fingerprint density at radius 1 is 1.25 bits per heavy atom. The van der Waals surface area contributed by atoms with Gasteiger partial charge < -0.3 is 9.09 Å². The maximum absolute atomic E-state index is 5.29. The minimum Gasteiger partial charge on any atom is -0.361 e. The zero-order valence-corrected chi connectivity index (χ0v) is 12.5. The van der Waals surface area contributed by atoms with Crippen molar-refractivity contribution in [2.45, 2.75) is 40.2 Å². The Kier molecular flexibility index (Phi) is 3.13. The molecule has 0 saturated carbocycles. The van der Waals surface area contributed by atoms with Gasteiger partial charge in [-0.3, -0.25) is 0 Å². The molecule has 104 valence electrons. The molecular formula is C17H20N2O. The SMILES string of the molecule is CCC(C)n1ccc2ccc(-c3c(C)noc3C)cc21. The van der Waals surface area contributed by atoms with Crippen LogP contribution < -0.4 is 0 Å². The van der Waals surface area contributed by atoms with Gasteiger partial charge in [-0.05, 0) is 50.3 Å². The van der Waals surface area contributed by atoms with Crippen LogP contribution in [0.25, 0.3) is 22.0 Å². The molecule has 0 amide bonds. The molecule has 2 aromatic heterocycles. The van der Waals surface area contributed by atoms with Gasteiger partial charge in [0.25, 0.3) is 0 Å². The average Bonchev–Trinajstić information content (AvgIpc) is 3.01. The molecule has 0 fully saturated rings. The Hall–Kier alpha value is -2.03. The van der Waals surface area contributed by atoms with Crippen molar-refractivity contribution < 1.29 is 4.52 Å². The predicted octanol–water partition coefficient (Wildman–Crippen LogP) is 4.88. The Morgan fingerprint density at radius 2 is 2.05 bits per heavy atom. The van der Waals surface area contributed by atoms with Crippen LogP contribution in [0.15, 0.2) is 35.0 Å². The number of benzene rings is 1. The van der Waals surface area contributed by atoms with Crippen LogP contribution in [0.1, 0.15) is 37.8 Å². The summed E-state index contributed by atoms with van der Waals surface area (Å²) in [7, 11) is 0. The van der Waals surface area contributed by atoms with E-state index in [1.54, 1.807) is 0 Å². The topological polar surface area (TPSA) is 31.0 Å². The largest absolute Gasteiger partial charge is 0.361 e. The van der Waals surface area contributed by atoms with Crippen LogP contribution >= 0.6 is 0 Å². The first kappa shape index (κ1) is 13.0. The first-order chi connectivity index (χ1) is 9.61. The lowest BCUT2D eigenvalue weighted by atomic mass is 10.0. The van der Waals surface area contributed by atoms with Crippen LogP contribution in [0.2, 0.25) is 0 Å². The van der Waals surface area contributed by atoms with Gasteiger partial charge in [0.1, 0.15) is 5.76 Å². The average molecular weight is 268 g/mol. The molecule has 0 aliphatic heterocycles. The van der Waals surface area contributed by atoms with Crippen LogP contribution in [-0.2, 0) is 0 Å². The van der Waals surface area contributed by atoms with Crippen LogP contribution in [0.5, 0.6) is 0 Å². The Labute approximate surface area is 119 Å². The highest BCUT2D eigenvalue weighted by molar-refractivity contribution is 5.86. The second-order valence-corrected chi connectivity index (χ2v) is 5.45. The number of hydrogen-bond donors (Lipinski definition) is 0. The molecule has 0 aliphatic rings. The van der Waals surface area contributed by atoms with Gasteiger partial charge in [-0.2, -0.15) is 0 Å². The maximum atomic E-state index is 5.29. The molecule has 2 heterocycles. The van der Waals surface area contributed by atoms with Gasteiger partial charge in [-0.15, -0.1) is 0 Å².